The molecule has 1 amide bonds. The van der Waals surface area contributed by atoms with E-state index in [1.54, 1.807) is 0 Å². The molecular formula is C24H25NO4. The number of fused-ring (bicyclic) bond motifs is 2. The van der Waals surface area contributed by atoms with Gasteiger partial charge in [-0.2, -0.15) is 0 Å². The summed E-state index contributed by atoms with van der Waals surface area (Å²) in [4.78, 5) is 11.4. The molecule has 1 aliphatic rings. The molecule has 5 nitrogen and oxygen atoms in total. The van der Waals surface area contributed by atoms with Gasteiger partial charge in [0.15, 0.2) is 5.60 Å². The van der Waals surface area contributed by atoms with Crippen molar-refractivity contribution in [2.24, 2.45) is 0 Å². The van der Waals surface area contributed by atoms with Gasteiger partial charge in [0.1, 0.15) is 11.4 Å². The molecule has 3 N–H and O–H groups in total. The Morgan fingerprint density at radius 1 is 0.966 bits per heavy atom. The Morgan fingerprint density at radius 3 is 2.28 bits per heavy atom. The first-order valence-corrected chi connectivity index (χ1v) is 9.62. The molecule has 0 radical (unpaired) electrons. The van der Waals surface area contributed by atoms with Gasteiger partial charge in [-0.05, 0) is 73.7 Å². The van der Waals surface area contributed by atoms with Crippen LogP contribution in [0.5, 0.6) is 5.75 Å². The number of hydrogen-bond donors (Lipinski definition) is 3. The van der Waals surface area contributed by atoms with E-state index < -0.39 is 17.3 Å². The highest BCUT2D eigenvalue weighted by molar-refractivity contribution is 5.88. The maximum absolute atomic E-state index is 12.2. The van der Waals surface area contributed by atoms with Crippen molar-refractivity contribution in [1.29, 1.82) is 0 Å². The van der Waals surface area contributed by atoms with Gasteiger partial charge in [0.25, 0.3) is 0 Å². The molecule has 1 aliphatic heterocycles. The van der Waals surface area contributed by atoms with Gasteiger partial charge in [0, 0.05) is 5.56 Å². The molecule has 3 aromatic rings. The van der Waals surface area contributed by atoms with Crippen molar-refractivity contribution in [1.82, 2.24) is 0 Å². The van der Waals surface area contributed by atoms with Crippen LogP contribution in [0.2, 0.25) is 0 Å². The molecule has 29 heavy (non-hydrogen) atoms. The third-order valence-electron chi connectivity index (χ3n) is 6.24. The summed E-state index contributed by atoms with van der Waals surface area (Å²) in [6, 6.07) is 13.9. The zero-order valence-corrected chi connectivity index (χ0v) is 17.3. The summed E-state index contributed by atoms with van der Waals surface area (Å²) in [5, 5.41) is 26.1. The Kier molecular flexibility index (Phi) is 4.14. The van der Waals surface area contributed by atoms with Crippen molar-refractivity contribution in [3.63, 3.8) is 0 Å². The van der Waals surface area contributed by atoms with Crippen LogP contribution in [-0.4, -0.2) is 21.9 Å². The first kappa shape index (κ1) is 19.3. The van der Waals surface area contributed by atoms with Gasteiger partial charge in [-0.15, -0.1) is 0 Å². The molecule has 0 aliphatic carbocycles. The van der Waals surface area contributed by atoms with Crippen molar-refractivity contribution >= 4 is 22.6 Å². The fraction of sp³-hybridized carbons (Fsp3) is 0.292. The molecule has 1 unspecified atom stereocenters. The van der Waals surface area contributed by atoms with Crippen molar-refractivity contribution in [2.45, 2.75) is 45.8 Å². The van der Waals surface area contributed by atoms with Crippen LogP contribution in [0.3, 0.4) is 0 Å². The summed E-state index contributed by atoms with van der Waals surface area (Å²) < 4.78 is 6.30. The standard InChI is InChI=1S/C24H25NO4/c1-13-14(2)21-19(15(3)20(13)25-22(26)27)24(28,23(4,5)29-21)18-11-10-16-8-6-7-9-17(16)12-18/h6-12,25,28H,1-5H3,(H,26,27). The molecular weight excluding hydrogens is 366 g/mol. The van der Waals surface area contributed by atoms with Gasteiger partial charge in [-0.25, -0.2) is 4.79 Å². The number of hydrogen-bond acceptors (Lipinski definition) is 3. The van der Waals surface area contributed by atoms with E-state index in [1.165, 1.54) is 0 Å². The van der Waals surface area contributed by atoms with Gasteiger partial charge in [-0.3, -0.25) is 5.32 Å². The molecule has 4 rings (SSSR count). The Labute approximate surface area is 169 Å². The number of anilines is 1. The number of nitrogens with one attached hydrogen (secondary N) is 1. The molecule has 0 saturated carbocycles. The minimum absolute atomic E-state index is 0.495. The van der Waals surface area contributed by atoms with Gasteiger partial charge in [0.05, 0.1) is 5.69 Å². The molecule has 0 fully saturated rings. The highest BCUT2D eigenvalue weighted by Gasteiger charge is 2.57. The van der Waals surface area contributed by atoms with E-state index in [4.69, 9.17) is 4.74 Å². The molecule has 1 atom stereocenters. The lowest BCUT2D eigenvalue weighted by atomic mass is 9.73. The fourth-order valence-electron chi connectivity index (χ4n) is 4.52. The molecule has 0 saturated heterocycles. The normalized spacial score (nSPS) is 19.7. The second-order valence-electron chi connectivity index (χ2n) is 8.27. The maximum Gasteiger partial charge on any atom is 0.409 e. The quantitative estimate of drug-likeness (QED) is 0.557. The van der Waals surface area contributed by atoms with Gasteiger partial charge in [0.2, 0.25) is 0 Å². The summed E-state index contributed by atoms with van der Waals surface area (Å²) in [5.74, 6) is 0.622. The van der Waals surface area contributed by atoms with E-state index in [2.05, 4.69) is 5.32 Å². The summed E-state index contributed by atoms with van der Waals surface area (Å²) >= 11 is 0. The number of amides is 1. The second kappa shape index (κ2) is 6.22. The number of benzene rings is 3. The molecule has 3 aromatic carbocycles. The van der Waals surface area contributed by atoms with Crippen LogP contribution in [0.1, 0.15) is 41.7 Å². The Bertz CT molecular complexity index is 1170. The maximum atomic E-state index is 12.2. The lowest BCUT2D eigenvalue weighted by Gasteiger charge is -2.36. The van der Waals surface area contributed by atoms with Gasteiger partial charge >= 0.3 is 6.09 Å². The van der Waals surface area contributed by atoms with E-state index in [9.17, 15) is 15.0 Å². The monoisotopic (exact) mass is 391 g/mol. The van der Waals surface area contributed by atoms with E-state index in [-0.39, 0.29) is 0 Å². The topological polar surface area (TPSA) is 78.8 Å². The van der Waals surface area contributed by atoms with Gasteiger partial charge < -0.3 is 14.9 Å². The highest BCUT2D eigenvalue weighted by Crippen LogP contribution is 2.56. The average Bonchev–Trinajstić information content (AvgIpc) is 2.90. The Balaban J connectivity index is 2.04. The van der Waals surface area contributed by atoms with Crippen LogP contribution >= 0.6 is 0 Å². The lowest BCUT2D eigenvalue weighted by molar-refractivity contribution is -0.0644. The van der Waals surface area contributed by atoms with Crippen molar-refractivity contribution in [2.75, 3.05) is 5.32 Å². The Hall–Kier alpha value is -3.05. The molecule has 1 heterocycles. The average molecular weight is 391 g/mol. The summed E-state index contributed by atoms with van der Waals surface area (Å²) in [5.41, 5.74) is 1.73. The van der Waals surface area contributed by atoms with E-state index in [0.717, 1.165) is 21.9 Å². The van der Waals surface area contributed by atoms with Crippen LogP contribution in [-0.2, 0) is 5.60 Å². The minimum atomic E-state index is -1.44. The third-order valence-corrected chi connectivity index (χ3v) is 6.24. The van der Waals surface area contributed by atoms with Crippen LogP contribution in [0.15, 0.2) is 42.5 Å². The van der Waals surface area contributed by atoms with E-state index >= 15 is 0 Å². The van der Waals surface area contributed by atoms with Gasteiger partial charge in [-0.1, -0.05) is 36.4 Å². The fourth-order valence-corrected chi connectivity index (χ4v) is 4.52. The van der Waals surface area contributed by atoms with Crippen LogP contribution in [0.25, 0.3) is 10.8 Å². The largest absolute Gasteiger partial charge is 0.483 e. The van der Waals surface area contributed by atoms with Crippen LogP contribution in [0, 0.1) is 20.8 Å². The SMILES string of the molecule is Cc1c(C)c2c(c(C)c1NC(=O)O)C(O)(c1ccc3ccccc3c1)C(C)(C)O2. The summed E-state index contributed by atoms with van der Waals surface area (Å²) in [6.07, 6.45) is -1.14. The number of ether oxygens (including phenoxy) is 1. The minimum Gasteiger partial charge on any atom is -0.483 e. The predicted octanol–water partition coefficient (Wildman–Crippen LogP) is 5.26. The first-order valence-electron chi connectivity index (χ1n) is 9.62. The zero-order valence-electron chi connectivity index (χ0n) is 17.3. The third kappa shape index (κ3) is 2.61. The zero-order chi connectivity index (χ0) is 21.1. The first-order chi connectivity index (χ1) is 13.6. The number of aliphatic hydroxyl groups is 1. The molecule has 0 aromatic heterocycles. The smallest absolute Gasteiger partial charge is 0.409 e. The molecule has 5 heteroatoms. The molecule has 0 spiro atoms. The van der Waals surface area contributed by atoms with Crippen LogP contribution in [0.4, 0.5) is 10.5 Å². The summed E-state index contributed by atoms with van der Waals surface area (Å²) in [6.45, 7) is 9.30. The Morgan fingerprint density at radius 2 is 1.62 bits per heavy atom. The lowest BCUT2D eigenvalue weighted by Crippen LogP contribution is -2.47. The number of carboxylic acid groups (broad SMARTS) is 1. The van der Waals surface area contributed by atoms with Crippen molar-refractivity contribution in [3.05, 3.63) is 70.3 Å². The van der Waals surface area contributed by atoms with Crippen molar-refractivity contribution < 1.29 is 19.7 Å². The highest BCUT2D eigenvalue weighted by atomic mass is 16.5. The van der Waals surface area contributed by atoms with E-state index in [0.29, 0.717) is 28.1 Å². The van der Waals surface area contributed by atoms with E-state index in [1.807, 2.05) is 77.1 Å². The number of carbonyl (C=O) groups is 1. The number of rotatable bonds is 2. The molecule has 150 valence electrons. The predicted molar refractivity (Wildman–Crippen MR) is 114 cm³/mol. The van der Waals surface area contributed by atoms with Crippen molar-refractivity contribution in [3.8, 4) is 5.75 Å². The molecule has 0 bridgehead atoms. The summed E-state index contributed by atoms with van der Waals surface area (Å²) in [7, 11) is 0. The van der Waals surface area contributed by atoms with Crippen LogP contribution < -0.4 is 10.1 Å². The second-order valence-corrected chi connectivity index (χ2v) is 8.27.